The van der Waals surface area contributed by atoms with Gasteiger partial charge >= 0.3 is 0 Å². The monoisotopic (exact) mass is 479 g/mol. The van der Waals surface area contributed by atoms with Crippen LogP contribution in [0.15, 0.2) is 83.0 Å². The van der Waals surface area contributed by atoms with Gasteiger partial charge in [0.25, 0.3) is 0 Å². The predicted molar refractivity (Wildman–Crippen MR) is 127 cm³/mol. The number of anilines is 4. The molecule has 0 aliphatic carbocycles. The van der Waals surface area contributed by atoms with E-state index in [1.165, 1.54) is 18.2 Å². The van der Waals surface area contributed by atoms with Crippen molar-refractivity contribution in [2.24, 2.45) is 10.2 Å². The molecule has 1 heterocycles. The number of nitrogens with one attached hydrogen (secondary N) is 3. The van der Waals surface area contributed by atoms with Crippen molar-refractivity contribution in [1.82, 2.24) is 9.97 Å². The molecule has 7 nitrogen and oxygen atoms in total. The zero-order chi connectivity index (χ0) is 24.6. The Morgan fingerprint density at radius 2 is 1.06 bits per heavy atom. The van der Waals surface area contributed by atoms with Crippen molar-refractivity contribution in [2.45, 2.75) is 0 Å². The van der Waals surface area contributed by atoms with Crippen molar-refractivity contribution in [2.75, 3.05) is 16.2 Å². The molecule has 0 atom stereocenters. The van der Waals surface area contributed by atoms with Gasteiger partial charge in [-0.15, -0.1) is 0 Å². The van der Waals surface area contributed by atoms with Gasteiger partial charge in [-0.3, -0.25) is 10.9 Å². The topological polar surface area (TPSA) is 86.6 Å². The summed E-state index contributed by atoms with van der Waals surface area (Å²) in [6, 6.07) is 17.3. The molecule has 0 saturated heterocycles. The molecule has 3 aromatic carbocycles. The number of hydrogen-bond donors (Lipinski definition) is 3. The lowest BCUT2D eigenvalue weighted by atomic mass is 10.2. The van der Waals surface area contributed by atoms with E-state index in [0.717, 1.165) is 36.7 Å². The summed E-state index contributed by atoms with van der Waals surface area (Å²) >= 11 is 0. The highest BCUT2D eigenvalue weighted by Crippen LogP contribution is 2.19. The van der Waals surface area contributed by atoms with Crippen LogP contribution in [0, 0.1) is 23.3 Å². The molecule has 0 bridgehead atoms. The summed E-state index contributed by atoms with van der Waals surface area (Å²) < 4.78 is 55.2. The van der Waals surface area contributed by atoms with Crippen LogP contribution in [0.1, 0.15) is 11.1 Å². The molecule has 11 heteroatoms. The second-order valence-corrected chi connectivity index (χ2v) is 6.96. The van der Waals surface area contributed by atoms with Crippen LogP contribution in [-0.4, -0.2) is 22.4 Å². The third-order valence-electron chi connectivity index (χ3n) is 4.50. The average molecular weight is 479 g/mol. The average Bonchev–Trinajstić information content (AvgIpc) is 2.83. The molecule has 0 unspecified atom stereocenters. The van der Waals surface area contributed by atoms with E-state index in [4.69, 9.17) is 0 Å². The Balaban J connectivity index is 1.57. The largest absolute Gasteiger partial charge is 0.324 e. The first kappa shape index (κ1) is 23.4. The summed E-state index contributed by atoms with van der Waals surface area (Å²) in [7, 11) is 0. The second kappa shape index (κ2) is 10.9. The zero-order valence-corrected chi connectivity index (χ0v) is 17.9. The Kier molecular flexibility index (Phi) is 7.26. The summed E-state index contributed by atoms with van der Waals surface area (Å²) in [6.07, 6.45) is 1.95. The lowest BCUT2D eigenvalue weighted by Crippen LogP contribution is -2.05. The van der Waals surface area contributed by atoms with Crippen molar-refractivity contribution in [1.29, 1.82) is 0 Å². The first-order valence-electron chi connectivity index (χ1n) is 10.2. The minimum absolute atomic E-state index is 0.128. The minimum Gasteiger partial charge on any atom is -0.324 e. The predicted octanol–water partition coefficient (Wildman–Crippen LogP) is 5.67. The van der Waals surface area contributed by atoms with Crippen molar-refractivity contribution in [3.8, 4) is 0 Å². The number of aromatic nitrogens is 2. The highest BCUT2D eigenvalue weighted by Gasteiger charge is 2.08. The molecule has 4 rings (SSSR count). The van der Waals surface area contributed by atoms with Crippen LogP contribution in [0.5, 0.6) is 0 Å². The highest BCUT2D eigenvalue weighted by atomic mass is 19.1. The van der Waals surface area contributed by atoms with Gasteiger partial charge in [0.1, 0.15) is 23.3 Å². The molecule has 1 aromatic heterocycles. The molecule has 35 heavy (non-hydrogen) atoms. The van der Waals surface area contributed by atoms with E-state index in [0.29, 0.717) is 5.69 Å². The Bertz CT molecular complexity index is 1260. The van der Waals surface area contributed by atoms with Gasteiger partial charge in [0.05, 0.1) is 23.6 Å². The molecule has 0 saturated carbocycles. The molecule has 0 fully saturated rings. The van der Waals surface area contributed by atoms with E-state index in [2.05, 4.69) is 36.3 Å². The van der Waals surface area contributed by atoms with E-state index in [1.54, 1.807) is 12.1 Å². The fourth-order valence-electron chi connectivity index (χ4n) is 2.86. The van der Waals surface area contributed by atoms with Crippen LogP contribution in [-0.2, 0) is 0 Å². The molecular formula is C24H17F4N7. The highest BCUT2D eigenvalue weighted by molar-refractivity contribution is 5.81. The lowest BCUT2D eigenvalue weighted by molar-refractivity contribution is 0.579. The Morgan fingerprint density at radius 3 is 1.51 bits per heavy atom. The summed E-state index contributed by atoms with van der Waals surface area (Å²) in [4.78, 5) is 8.51. The molecule has 0 amide bonds. The first-order valence-corrected chi connectivity index (χ1v) is 10.2. The fourth-order valence-corrected chi connectivity index (χ4v) is 2.86. The van der Waals surface area contributed by atoms with Crippen LogP contribution >= 0.6 is 0 Å². The number of benzene rings is 3. The Morgan fingerprint density at radius 1 is 0.600 bits per heavy atom. The van der Waals surface area contributed by atoms with Crippen LogP contribution in [0.2, 0.25) is 0 Å². The Labute approximate surface area is 197 Å². The standard InChI is InChI=1S/C24H17F4N7/c25-18-8-4-9-19(26)16(18)13-29-34-22-12-23(33-24(32-22)31-15-6-2-1-3-7-15)35-30-14-17-20(27)10-5-11-21(17)28/h1-14H,(H3,31,32,33,34,35). The van der Waals surface area contributed by atoms with Crippen molar-refractivity contribution < 1.29 is 17.6 Å². The molecule has 4 aromatic rings. The molecule has 3 N–H and O–H groups in total. The first-order chi connectivity index (χ1) is 17.0. The van der Waals surface area contributed by atoms with E-state index < -0.39 is 23.3 Å². The molecule has 0 spiro atoms. The van der Waals surface area contributed by atoms with Crippen LogP contribution in [0.25, 0.3) is 0 Å². The normalized spacial score (nSPS) is 11.2. The van der Waals surface area contributed by atoms with Gasteiger partial charge < -0.3 is 5.32 Å². The number of rotatable bonds is 8. The summed E-state index contributed by atoms with van der Waals surface area (Å²) in [5, 5.41) is 10.7. The third-order valence-corrected chi connectivity index (χ3v) is 4.50. The SMILES string of the molecule is Fc1cccc(F)c1C=NNc1cc(NN=Cc2c(F)cccc2F)nc(Nc2ccccc2)n1. The van der Waals surface area contributed by atoms with Gasteiger partial charge in [0.2, 0.25) is 5.95 Å². The summed E-state index contributed by atoms with van der Waals surface area (Å²) in [6.45, 7) is 0. The molecule has 0 radical (unpaired) electrons. The van der Waals surface area contributed by atoms with Crippen molar-refractivity contribution in [3.05, 3.63) is 107 Å². The van der Waals surface area contributed by atoms with E-state index in [9.17, 15) is 17.6 Å². The van der Waals surface area contributed by atoms with Gasteiger partial charge in [-0.1, -0.05) is 30.3 Å². The van der Waals surface area contributed by atoms with Gasteiger partial charge in [0.15, 0.2) is 11.6 Å². The smallest absolute Gasteiger partial charge is 0.231 e. The quantitative estimate of drug-likeness (QED) is 0.172. The zero-order valence-electron chi connectivity index (χ0n) is 17.9. The minimum atomic E-state index is -0.776. The van der Waals surface area contributed by atoms with Gasteiger partial charge in [0, 0.05) is 11.8 Å². The Hall–Kier alpha value is -4.80. The maximum absolute atomic E-state index is 13.8. The molecular weight excluding hydrogens is 462 g/mol. The number of halogens is 4. The van der Waals surface area contributed by atoms with Gasteiger partial charge in [-0.2, -0.15) is 20.2 Å². The van der Waals surface area contributed by atoms with Crippen molar-refractivity contribution >= 4 is 35.7 Å². The van der Waals surface area contributed by atoms with Gasteiger partial charge in [-0.05, 0) is 36.4 Å². The van der Waals surface area contributed by atoms with Gasteiger partial charge in [-0.25, -0.2) is 17.6 Å². The second-order valence-electron chi connectivity index (χ2n) is 6.96. The van der Waals surface area contributed by atoms with Crippen LogP contribution in [0.3, 0.4) is 0 Å². The molecule has 0 aliphatic heterocycles. The summed E-state index contributed by atoms with van der Waals surface area (Å²) in [5.74, 6) is -2.70. The maximum atomic E-state index is 13.8. The fraction of sp³-hybridized carbons (Fsp3) is 0. The third kappa shape index (κ3) is 6.16. The number of hydrogen-bond acceptors (Lipinski definition) is 7. The van der Waals surface area contributed by atoms with Crippen LogP contribution in [0.4, 0.5) is 40.8 Å². The van der Waals surface area contributed by atoms with E-state index in [1.807, 2.05) is 18.2 Å². The van der Waals surface area contributed by atoms with E-state index in [-0.39, 0.29) is 28.7 Å². The number of hydrazone groups is 2. The maximum Gasteiger partial charge on any atom is 0.231 e. The van der Waals surface area contributed by atoms with Crippen molar-refractivity contribution in [3.63, 3.8) is 0 Å². The molecule has 176 valence electrons. The van der Waals surface area contributed by atoms with E-state index >= 15 is 0 Å². The lowest BCUT2D eigenvalue weighted by Gasteiger charge is -2.09. The molecule has 0 aliphatic rings. The van der Waals surface area contributed by atoms with Crippen LogP contribution < -0.4 is 16.2 Å². The number of nitrogens with zero attached hydrogens (tertiary/aromatic N) is 4. The number of para-hydroxylation sites is 1. The summed E-state index contributed by atoms with van der Waals surface area (Å²) in [5.41, 5.74) is 5.18.